The summed E-state index contributed by atoms with van der Waals surface area (Å²) in [5.74, 6) is 0. The van der Waals surface area contributed by atoms with Gasteiger partial charge in [0.05, 0.1) is 0 Å². The molecule has 1 fully saturated rings. The third-order valence-corrected chi connectivity index (χ3v) is 4.14. The van der Waals surface area contributed by atoms with E-state index >= 15 is 0 Å². The molecule has 106 valence electrons. The van der Waals surface area contributed by atoms with Gasteiger partial charge in [-0.25, -0.2) is 0 Å². The minimum atomic E-state index is 0.764. The summed E-state index contributed by atoms with van der Waals surface area (Å²) >= 11 is 0. The van der Waals surface area contributed by atoms with Gasteiger partial charge >= 0.3 is 0 Å². The average Bonchev–Trinajstić information content (AvgIpc) is 2.46. The molecule has 0 spiro atoms. The summed E-state index contributed by atoms with van der Waals surface area (Å²) in [6, 6.07) is 11.6. The van der Waals surface area contributed by atoms with Crippen LogP contribution in [-0.4, -0.2) is 56.1 Å². The predicted molar refractivity (Wildman–Crippen MR) is 81.3 cm³/mol. The van der Waals surface area contributed by atoms with E-state index in [0.717, 1.165) is 25.7 Å². The molecule has 1 saturated heterocycles. The van der Waals surface area contributed by atoms with Gasteiger partial charge in [-0.15, -0.1) is 0 Å². The number of benzene rings is 1. The number of hydrogen-bond donors (Lipinski definition) is 1. The van der Waals surface area contributed by atoms with Crippen LogP contribution in [-0.2, 0) is 6.54 Å². The van der Waals surface area contributed by atoms with Crippen LogP contribution in [0.25, 0.3) is 0 Å². The van der Waals surface area contributed by atoms with Gasteiger partial charge in [0.25, 0.3) is 0 Å². The Bertz CT molecular complexity index is 344. The molecular weight excluding hydrogens is 234 g/mol. The minimum absolute atomic E-state index is 0.764. The quantitative estimate of drug-likeness (QED) is 0.842. The molecule has 0 atom stereocenters. The first-order chi connectivity index (χ1) is 9.29. The van der Waals surface area contributed by atoms with Gasteiger partial charge in [-0.05, 0) is 45.6 Å². The Hall–Kier alpha value is -0.900. The van der Waals surface area contributed by atoms with Gasteiger partial charge in [-0.2, -0.15) is 0 Å². The Labute approximate surface area is 117 Å². The Morgan fingerprint density at radius 2 is 1.89 bits per heavy atom. The molecule has 2 rings (SSSR count). The summed E-state index contributed by atoms with van der Waals surface area (Å²) in [4.78, 5) is 5.09. The minimum Gasteiger partial charge on any atom is -0.318 e. The van der Waals surface area contributed by atoms with Crippen molar-refractivity contribution in [2.75, 3.05) is 40.3 Å². The van der Waals surface area contributed by atoms with Crippen molar-refractivity contribution in [2.45, 2.75) is 25.4 Å². The van der Waals surface area contributed by atoms with Gasteiger partial charge in [0, 0.05) is 25.7 Å². The SMILES string of the molecule is CNCCN(C)C1CCN(Cc2ccccc2)CC1. The van der Waals surface area contributed by atoms with Crippen LogP contribution < -0.4 is 5.32 Å². The zero-order chi connectivity index (χ0) is 13.5. The van der Waals surface area contributed by atoms with Gasteiger partial charge in [0.2, 0.25) is 0 Å². The van der Waals surface area contributed by atoms with E-state index in [-0.39, 0.29) is 0 Å². The van der Waals surface area contributed by atoms with E-state index < -0.39 is 0 Å². The van der Waals surface area contributed by atoms with Crippen LogP contribution in [0.4, 0.5) is 0 Å². The molecule has 1 aromatic carbocycles. The summed E-state index contributed by atoms with van der Waals surface area (Å²) in [5, 5.41) is 3.23. The highest BCUT2D eigenvalue weighted by atomic mass is 15.2. The molecule has 19 heavy (non-hydrogen) atoms. The maximum Gasteiger partial charge on any atom is 0.0233 e. The molecule has 0 bridgehead atoms. The van der Waals surface area contributed by atoms with Crippen molar-refractivity contribution in [1.82, 2.24) is 15.1 Å². The summed E-state index contributed by atoms with van der Waals surface area (Å²) < 4.78 is 0. The lowest BCUT2D eigenvalue weighted by Gasteiger charge is -2.36. The lowest BCUT2D eigenvalue weighted by Crippen LogP contribution is -2.44. The molecular formula is C16H27N3. The zero-order valence-electron chi connectivity index (χ0n) is 12.3. The number of nitrogens with zero attached hydrogens (tertiary/aromatic N) is 2. The molecule has 1 N–H and O–H groups in total. The normalized spacial score (nSPS) is 18.1. The largest absolute Gasteiger partial charge is 0.318 e. The van der Waals surface area contributed by atoms with Crippen molar-refractivity contribution in [1.29, 1.82) is 0 Å². The second-order valence-corrected chi connectivity index (χ2v) is 5.58. The lowest BCUT2D eigenvalue weighted by molar-refractivity contribution is 0.124. The van der Waals surface area contributed by atoms with Crippen molar-refractivity contribution >= 4 is 0 Å². The highest BCUT2D eigenvalue weighted by Crippen LogP contribution is 2.17. The number of nitrogens with one attached hydrogen (secondary N) is 1. The maximum absolute atomic E-state index is 3.23. The molecule has 3 nitrogen and oxygen atoms in total. The van der Waals surface area contributed by atoms with Crippen molar-refractivity contribution in [3.63, 3.8) is 0 Å². The van der Waals surface area contributed by atoms with Crippen LogP contribution in [0.5, 0.6) is 0 Å². The van der Waals surface area contributed by atoms with Crippen molar-refractivity contribution in [3.05, 3.63) is 35.9 Å². The standard InChI is InChI=1S/C16H27N3/c1-17-10-13-18(2)16-8-11-19(12-9-16)14-15-6-4-3-5-7-15/h3-7,16-17H,8-14H2,1-2H3. The van der Waals surface area contributed by atoms with Crippen LogP contribution in [0.2, 0.25) is 0 Å². The van der Waals surface area contributed by atoms with E-state index in [1.54, 1.807) is 0 Å². The number of hydrogen-bond acceptors (Lipinski definition) is 3. The third-order valence-electron chi connectivity index (χ3n) is 4.14. The smallest absolute Gasteiger partial charge is 0.0233 e. The highest BCUT2D eigenvalue weighted by molar-refractivity contribution is 5.14. The lowest BCUT2D eigenvalue weighted by atomic mass is 10.0. The third kappa shape index (κ3) is 4.60. The predicted octanol–water partition coefficient (Wildman–Crippen LogP) is 1.80. The maximum atomic E-state index is 3.23. The molecule has 1 aliphatic heterocycles. The number of rotatable bonds is 6. The first kappa shape index (κ1) is 14.5. The Morgan fingerprint density at radius 1 is 1.21 bits per heavy atom. The fourth-order valence-corrected chi connectivity index (χ4v) is 2.83. The van der Waals surface area contributed by atoms with E-state index in [4.69, 9.17) is 0 Å². The molecule has 1 aliphatic rings. The summed E-state index contributed by atoms with van der Waals surface area (Å²) in [6.07, 6.45) is 2.60. The fraction of sp³-hybridized carbons (Fsp3) is 0.625. The number of likely N-dealkylation sites (N-methyl/N-ethyl adjacent to an activating group) is 2. The Morgan fingerprint density at radius 3 is 2.53 bits per heavy atom. The molecule has 1 heterocycles. The van der Waals surface area contributed by atoms with Crippen LogP contribution >= 0.6 is 0 Å². The Balaban J connectivity index is 1.73. The second-order valence-electron chi connectivity index (χ2n) is 5.58. The number of piperidine rings is 1. The van der Waals surface area contributed by atoms with E-state index in [1.165, 1.54) is 31.5 Å². The molecule has 0 unspecified atom stereocenters. The van der Waals surface area contributed by atoms with Crippen molar-refractivity contribution < 1.29 is 0 Å². The molecule has 1 aromatic rings. The molecule has 0 aromatic heterocycles. The second kappa shape index (κ2) is 7.63. The van der Waals surface area contributed by atoms with Gasteiger partial charge in [-0.3, -0.25) is 4.90 Å². The molecule has 0 aliphatic carbocycles. The van der Waals surface area contributed by atoms with Gasteiger partial charge in [-0.1, -0.05) is 30.3 Å². The zero-order valence-corrected chi connectivity index (χ0v) is 12.3. The molecule has 0 radical (unpaired) electrons. The monoisotopic (exact) mass is 261 g/mol. The first-order valence-electron chi connectivity index (χ1n) is 7.40. The summed E-state index contributed by atoms with van der Waals surface area (Å²) in [5.41, 5.74) is 1.43. The van der Waals surface area contributed by atoms with Crippen LogP contribution in [0.15, 0.2) is 30.3 Å². The van der Waals surface area contributed by atoms with Gasteiger partial charge in [0.1, 0.15) is 0 Å². The van der Waals surface area contributed by atoms with Crippen molar-refractivity contribution in [3.8, 4) is 0 Å². The number of likely N-dealkylation sites (tertiary alicyclic amines) is 1. The van der Waals surface area contributed by atoms with E-state index in [2.05, 4.69) is 52.5 Å². The average molecular weight is 261 g/mol. The molecule has 0 amide bonds. The van der Waals surface area contributed by atoms with Crippen molar-refractivity contribution in [2.24, 2.45) is 0 Å². The van der Waals surface area contributed by atoms with Gasteiger partial charge < -0.3 is 10.2 Å². The van der Waals surface area contributed by atoms with Crippen LogP contribution in [0.1, 0.15) is 18.4 Å². The van der Waals surface area contributed by atoms with Crippen LogP contribution in [0.3, 0.4) is 0 Å². The molecule has 0 saturated carbocycles. The highest BCUT2D eigenvalue weighted by Gasteiger charge is 2.21. The molecule has 3 heteroatoms. The first-order valence-corrected chi connectivity index (χ1v) is 7.40. The van der Waals surface area contributed by atoms with Gasteiger partial charge in [0.15, 0.2) is 0 Å². The van der Waals surface area contributed by atoms with E-state index in [0.29, 0.717) is 0 Å². The van der Waals surface area contributed by atoms with E-state index in [9.17, 15) is 0 Å². The fourth-order valence-electron chi connectivity index (χ4n) is 2.83. The van der Waals surface area contributed by atoms with E-state index in [1.807, 2.05) is 7.05 Å². The summed E-state index contributed by atoms with van der Waals surface area (Å²) in [7, 11) is 4.28. The van der Waals surface area contributed by atoms with Crippen LogP contribution in [0, 0.1) is 0 Å². The summed E-state index contributed by atoms with van der Waals surface area (Å²) in [6.45, 7) is 5.79. The topological polar surface area (TPSA) is 18.5 Å². The Kier molecular flexibility index (Phi) is 5.83.